The Balaban J connectivity index is 3.04. The molecule has 0 radical (unpaired) electrons. The van der Waals surface area contributed by atoms with Gasteiger partial charge >= 0.3 is 0 Å². The molecule has 0 saturated carbocycles. The highest BCUT2D eigenvalue weighted by Gasteiger charge is 2.31. The van der Waals surface area contributed by atoms with Gasteiger partial charge in [0.05, 0.1) is 17.0 Å². The first kappa shape index (κ1) is 15.4. The summed E-state index contributed by atoms with van der Waals surface area (Å²) in [6.45, 7) is 3.45. The molecule has 0 spiro atoms. The van der Waals surface area contributed by atoms with E-state index in [0.29, 0.717) is 17.9 Å². The predicted molar refractivity (Wildman–Crippen MR) is 72.2 cm³/mol. The summed E-state index contributed by atoms with van der Waals surface area (Å²) in [7, 11) is -3.64. The molecule has 1 rings (SSSR count). The van der Waals surface area contributed by atoms with Crippen molar-refractivity contribution in [3.8, 4) is 0 Å². The maximum absolute atomic E-state index is 12.2. The van der Waals surface area contributed by atoms with Crippen LogP contribution in [0.2, 0.25) is 5.02 Å². The number of rotatable bonds is 6. The van der Waals surface area contributed by atoms with Crippen molar-refractivity contribution in [2.24, 2.45) is 0 Å². The topological polar surface area (TPSA) is 66.4 Å². The molecule has 0 heterocycles. The van der Waals surface area contributed by atoms with Crippen molar-refractivity contribution in [2.75, 3.05) is 6.61 Å². The summed E-state index contributed by atoms with van der Waals surface area (Å²) in [5, 5.41) is 9.86. The van der Waals surface area contributed by atoms with Gasteiger partial charge < -0.3 is 5.11 Å². The number of hydrogen-bond acceptors (Lipinski definition) is 3. The minimum Gasteiger partial charge on any atom is -0.394 e. The first-order valence-electron chi connectivity index (χ1n) is 5.79. The summed E-state index contributed by atoms with van der Waals surface area (Å²) in [6, 6.07) is 5.93. The molecule has 102 valence electrons. The van der Waals surface area contributed by atoms with Crippen molar-refractivity contribution < 1.29 is 13.5 Å². The normalized spacial score (nSPS) is 12.7. The molecule has 1 aromatic carbocycles. The predicted octanol–water partition coefficient (Wildman–Crippen LogP) is 2.17. The van der Waals surface area contributed by atoms with E-state index >= 15 is 0 Å². The van der Waals surface area contributed by atoms with Crippen molar-refractivity contribution in [1.82, 2.24) is 4.72 Å². The minimum atomic E-state index is -3.64. The third-order valence-corrected chi connectivity index (χ3v) is 4.98. The molecular weight excluding hydrogens is 274 g/mol. The molecule has 0 atom stereocenters. The molecule has 0 aliphatic rings. The lowest BCUT2D eigenvalue weighted by atomic mass is 9.96. The van der Waals surface area contributed by atoms with Gasteiger partial charge in [-0.1, -0.05) is 25.4 Å². The second-order valence-corrected chi connectivity index (χ2v) is 6.32. The molecule has 0 aliphatic carbocycles. The lowest BCUT2D eigenvalue weighted by Crippen LogP contribution is -2.50. The molecule has 0 unspecified atom stereocenters. The van der Waals surface area contributed by atoms with Crippen LogP contribution in [0.5, 0.6) is 0 Å². The Hall–Kier alpha value is -0.620. The fourth-order valence-electron chi connectivity index (χ4n) is 1.61. The highest BCUT2D eigenvalue weighted by molar-refractivity contribution is 7.89. The molecule has 0 fully saturated rings. The monoisotopic (exact) mass is 291 g/mol. The molecule has 18 heavy (non-hydrogen) atoms. The van der Waals surface area contributed by atoms with Gasteiger partial charge in [-0.05, 0) is 37.1 Å². The zero-order valence-corrected chi connectivity index (χ0v) is 12.1. The van der Waals surface area contributed by atoms with E-state index < -0.39 is 15.6 Å². The largest absolute Gasteiger partial charge is 0.394 e. The molecule has 2 N–H and O–H groups in total. The van der Waals surface area contributed by atoms with Gasteiger partial charge in [0.25, 0.3) is 0 Å². The molecule has 0 bridgehead atoms. The summed E-state index contributed by atoms with van der Waals surface area (Å²) < 4.78 is 26.9. The highest BCUT2D eigenvalue weighted by Crippen LogP contribution is 2.20. The van der Waals surface area contributed by atoms with Crippen molar-refractivity contribution >= 4 is 21.6 Å². The molecule has 0 aromatic heterocycles. The number of sulfonamides is 1. The van der Waals surface area contributed by atoms with Gasteiger partial charge in [0.1, 0.15) is 0 Å². The SMILES string of the molecule is CCC(CC)(CO)NS(=O)(=O)c1ccc(Cl)cc1. The molecular formula is C12H18ClNO3S. The Morgan fingerprint density at radius 3 is 2.11 bits per heavy atom. The molecule has 0 amide bonds. The van der Waals surface area contributed by atoms with Crippen LogP contribution < -0.4 is 4.72 Å². The highest BCUT2D eigenvalue weighted by atomic mass is 35.5. The molecule has 0 aliphatic heterocycles. The second-order valence-electron chi connectivity index (χ2n) is 4.20. The zero-order valence-electron chi connectivity index (χ0n) is 10.5. The lowest BCUT2D eigenvalue weighted by molar-refractivity contribution is 0.172. The third-order valence-electron chi connectivity index (χ3n) is 3.13. The van der Waals surface area contributed by atoms with E-state index in [2.05, 4.69) is 4.72 Å². The Morgan fingerprint density at radius 1 is 1.22 bits per heavy atom. The van der Waals surface area contributed by atoms with Crippen LogP contribution in [0.15, 0.2) is 29.2 Å². The summed E-state index contributed by atoms with van der Waals surface area (Å²) in [5.74, 6) is 0. The summed E-state index contributed by atoms with van der Waals surface area (Å²) in [4.78, 5) is 0.145. The van der Waals surface area contributed by atoms with Gasteiger partial charge in [0.15, 0.2) is 0 Å². The average Bonchev–Trinajstić information content (AvgIpc) is 2.37. The van der Waals surface area contributed by atoms with E-state index in [9.17, 15) is 13.5 Å². The van der Waals surface area contributed by atoms with Gasteiger partial charge in [0.2, 0.25) is 10.0 Å². The third kappa shape index (κ3) is 3.45. The average molecular weight is 292 g/mol. The van der Waals surface area contributed by atoms with Gasteiger partial charge in [-0.2, -0.15) is 0 Å². The van der Waals surface area contributed by atoms with Crippen LogP contribution in [0.1, 0.15) is 26.7 Å². The number of hydrogen-bond donors (Lipinski definition) is 2. The van der Waals surface area contributed by atoms with E-state index in [1.807, 2.05) is 13.8 Å². The maximum atomic E-state index is 12.2. The van der Waals surface area contributed by atoms with Gasteiger partial charge in [0, 0.05) is 5.02 Å². The molecule has 6 heteroatoms. The van der Waals surface area contributed by atoms with Gasteiger partial charge in [-0.25, -0.2) is 13.1 Å². The number of nitrogens with one attached hydrogen (secondary N) is 1. The van der Waals surface area contributed by atoms with Gasteiger partial charge in [-0.15, -0.1) is 0 Å². The van der Waals surface area contributed by atoms with E-state index in [4.69, 9.17) is 11.6 Å². The standard InChI is InChI=1S/C12H18ClNO3S/c1-3-12(4-2,9-15)14-18(16,17)11-7-5-10(13)6-8-11/h5-8,14-15H,3-4,9H2,1-2H3. The Labute approximate surface area is 113 Å². The van der Waals surface area contributed by atoms with E-state index in [-0.39, 0.29) is 11.5 Å². The maximum Gasteiger partial charge on any atom is 0.241 e. The molecule has 1 aromatic rings. The summed E-state index contributed by atoms with van der Waals surface area (Å²) in [5.41, 5.74) is -0.807. The lowest BCUT2D eigenvalue weighted by Gasteiger charge is -2.30. The van der Waals surface area contributed by atoms with Crippen molar-refractivity contribution in [2.45, 2.75) is 37.1 Å². The van der Waals surface area contributed by atoms with Crippen LogP contribution in [0.3, 0.4) is 0 Å². The van der Waals surface area contributed by atoms with Crippen molar-refractivity contribution in [1.29, 1.82) is 0 Å². The molecule has 4 nitrogen and oxygen atoms in total. The Kier molecular flexibility index (Phi) is 5.16. The fourth-order valence-corrected chi connectivity index (χ4v) is 3.27. The van der Waals surface area contributed by atoms with Crippen molar-refractivity contribution in [3.63, 3.8) is 0 Å². The van der Waals surface area contributed by atoms with Crippen LogP contribution in [-0.4, -0.2) is 25.7 Å². The molecule has 0 saturated heterocycles. The Bertz CT molecular complexity index is 472. The number of aliphatic hydroxyl groups excluding tert-OH is 1. The van der Waals surface area contributed by atoms with Crippen LogP contribution in [0.25, 0.3) is 0 Å². The van der Waals surface area contributed by atoms with Crippen LogP contribution in [-0.2, 0) is 10.0 Å². The first-order chi connectivity index (χ1) is 8.39. The van der Waals surface area contributed by atoms with Crippen molar-refractivity contribution in [3.05, 3.63) is 29.3 Å². The van der Waals surface area contributed by atoms with Crippen LogP contribution in [0.4, 0.5) is 0 Å². The number of benzene rings is 1. The number of aliphatic hydroxyl groups is 1. The van der Waals surface area contributed by atoms with Gasteiger partial charge in [-0.3, -0.25) is 0 Å². The minimum absolute atomic E-state index is 0.145. The Morgan fingerprint density at radius 2 is 1.72 bits per heavy atom. The number of halogens is 1. The second kappa shape index (κ2) is 6.02. The summed E-state index contributed by atoms with van der Waals surface area (Å²) >= 11 is 5.72. The van der Waals surface area contributed by atoms with E-state index in [1.54, 1.807) is 0 Å². The fraction of sp³-hybridized carbons (Fsp3) is 0.500. The van der Waals surface area contributed by atoms with Crippen LogP contribution >= 0.6 is 11.6 Å². The smallest absolute Gasteiger partial charge is 0.241 e. The first-order valence-corrected chi connectivity index (χ1v) is 7.65. The van der Waals surface area contributed by atoms with E-state index in [0.717, 1.165) is 0 Å². The summed E-state index contributed by atoms with van der Waals surface area (Å²) in [6.07, 6.45) is 1.04. The van der Waals surface area contributed by atoms with E-state index in [1.165, 1.54) is 24.3 Å². The quantitative estimate of drug-likeness (QED) is 0.844. The van der Waals surface area contributed by atoms with Crippen LogP contribution in [0, 0.1) is 0 Å². The zero-order chi connectivity index (χ0) is 13.8.